The van der Waals surface area contributed by atoms with Crippen LogP contribution in [0.2, 0.25) is 0 Å². The van der Waals surface area contributed by atoms with Gasteiger partial charge in [0.1, 0.15) is 0 Å². The molecule has 1 aromatic heterocycles. The Hall–Kier alpha value is -0.720. The molecule has 0 amide bonds. The van der Waals surface area contributed by atoms with E-state index in [4.69, 9.17) is 0 Å². The van der Waals surface area contributed by atoms with Crippen molar-refractivity contribution < 1.29 is 0 Å². The van der Waals surface area contributed by atoms with Crippen LogP contribution in [-0.2, 0) is 0 Å². The van der Waals surface area contributed by atoms with Crippen molar-refractivity contribution in [3.8, 4) is 0 Å². The monoisotopic (exact) mass is 239 g/mol. The number of hydrogen-bond donors (Lipinski definition) is 0. The Balaban J connectivity index is 1.50. The highest BCUT2D eigenvalue weighted by Gasteiger charge is 2.33. The molecule has 0 radical (unpaired) electrons. The largest absolute Gasteiger partial charge is 0.351 e. The molecule has 6 heteroatoms. The molecule has 0 saturated carbocycles. The smallest absolute Gasteiger partial charge is 0.162 e. The van der Waals surface area contributed by atoms with Crippen LogP contribution in [-0.4, -0.2) is 70.9 Å². The van der Waals surface area contributed by atoms with Crippen LogP contribution in [0.3, 0.4) is 0 Å². The van der Waals surface area contributed by atoms with Crippen LogP contribution in [0.5, 0.6) is 0 Å². The Morgan fingerprint density at radius 1 is 1.25 bits per heavy atom. The summed E-state index contributed by atoms with van der Waals surface area (Å²) in [5, 5.41) is 0. The fourth-order valence-corrected chi connectivity index (χ4v) is 2.79. The number of rotatable bonds is 2. The highest BCUT2D eigenvalue weighted by atomic mass is 32.1. The van der Waals surface area contributed by atoms with Crippen LogP contribution in [0.15, 0.2) is 6.20 Å². The standard InChI is InChI=1S/C10H17N5S/c1-13-2-4-14(5-3-13)9-7-15(8-9)10-6-11-16-12-10/h6,9H,2-5,7-8H2,1H3. The van der Waals surface area contributed by atoms with Crippen molar-refractivity contribution in [1.29, 1.82) is 0 Å². The number of likely N-dealkylation sites (N-methyl/N-ethyl adjacent to an activating group) is 1. The average Bonchev–Trinajstić information content (AvgIpc) is 2.72. The SMILES string of the molecule is CN1CCN(C2CN(c3cnsn3)C2)CC1. The average molecular weight is 239 g/mol. The molecule has 5 nitrogen and oxygen atoms in total. The lowest BCUT2D eigenvalue weighted by molar-refractivity contribution is 0.0961. The van der Waals surface area contributed by atoms with Gasteiger partial charge in [0.15, 0.2) is 5.82 Å². The predicted molar refractivity (Wildman–Crippen MR) is 65.0 cm³/mol. The van der Waals surface area contributed by atoms with E-state index in [1.807, 2.05) is 6.20 Å². The van der Waals surface area contributed by atoms with Crippen LogP contribution < -0.4 is 4.90 Å². The minimum absolute atomic E-state index is 0.732. The lowest BCUT2D eigenvalue weighted by Gasteiger charge is -2.47. The number of hydrogen-bond acceptors (Lipinski definition) is 6. The summed E-state index contributed by atoms with van der Waals surface area (Å²) in [6, 6.07) is 0.732. The van der Waals surface area contributed by atoms with E-state index in [2.05, 4.69) is 30.5 Å². The van der Waals surface area contributed by atoms with E-state index in [9.17, 15) is 0 Å². The van der Waals surface area contributed by atoms with E-state index < -0.39 is 0 Å². The summed E-state index contributed by atoms with van der Waals surface area (Å²) >= 11 is 1.29. The first-order valence-corrected chi connectivity index (χ1v) is 6.51. The fourth-order valence-electron chi connectivity index (χ4n) is 2.36. The third-order valence-electron chi connectivity index (χ3n) is 3.59. The zero-order chi connectivity index (χ0) is 11.0. The first-order valence-electron chi connectivity index (χ1n) is 5.78. The minimum Gasteiger partial charge on any atom is -0.351 e. The molecule has 3 rings (SSSR count). The number of anilines is 1. The summed E-state index contributed by atoms with van der Waals surface area (Å²) in [6.07, 6.45) is 1.87. The van der Waals surface area contributed by atoms with Crippen molar-refractivity contribution in [2.45, 2.75) is 6.04 Å². The van der Waals surface area contributed by atoms with Gasteiger partial charge in [-0.1, -0.05) is 0 Å². The third-order valence-corrected chi connectivity index (χ3v) is 4.06. The van der Waals surface area contributed by atoms with E-state index in [0.717, 1.165) is 24.9 Å². The second-order valence-electron chi connectivity index (χ2n) is 4.66. The summed E-state index contributed by atoms with van der Waals surface area (Å²) in [5.74, 6) is 1.05. The van der Waals surface area contributed by atoms with Crippen LogP contribution in [0.25, 0.3) is 0 Å². The Labute approximate surface area is 100.0 Å². The van der Waals surface area contributed by atoms with Crippen molar-refractivity contribution in [2.24, 2.45) is 0 Å². The van der Waals surface area contributed by atoms with Gasteiger partial charge in [-0.2, -0.15) is 8.75 Å². The third kappa shape index (κ3) is 1.92. The maximum Gasteiger partial charge on any atom is 0.162 e. The Bertz CT molecular complexity index is 327. The topological polar surface area (TPSA) is 35.5 Å². The number of aromatic nitrogens is 2. The molecule has 0 N–H and O–H groups in total. The molecule has 0 bridgehead atoms. The van der Waals surface area contributed by atoms with Crippen molar-refractivity contribution in [2.75, 3.05) is 51.2 Å². The predicted octanol–water partition coefficient (Wildman–Crippen LogP) is -0.0259. The van der Waals surface area contributed by atoms with E-state index in [1.165, 1.54) is 37.9 Å². The molecule has 16 heavy (non-hydrogen) atoms. The van der Waals surface area contributed by atoms with Crippen molar-refractivity contribution >= 4 is 17.5 Å². The van der Waals surface area contributed by atoms with E-state index in [0.29, 0.717) is 0 Å². The molecule has 1 aromatic rings. The molecule has 0 unspecified atom stereocenters. The summed E-state index contributed by atoms with van der Waals surface area (Å²) in [4.78, 5) is 7.32. The molecular weight excluding hydrogens is 222 g/mol. The van der Waals surface area contributed by atoms with Gasteiger partial charge in [0, 0.05) is 45.3 Å². The summed E-state index contributed by atoms with van der Waals surface area (Å²) < 4.78 is 8.30. The van der Waals surface area contributed by atoms with Gasteiger partial charge < -0.3 is 9.80 Å². The molecule has 2 aliphatic heterocycles. The summed E-state index contributed by atoms with van der Waals surface area (Å²) in [6.45, 7) is 7.07. The summed E-state index contributed by atoms with van der Waals surface area (Å²) in [5.41, 5.74) is 0. The molecule has 2 fully saturated rings. The van der Waals surface area contributed by atoms with E-state index in [-0.39, 0.29) is 0 Å². The Kier molecular flexibility index (Phi) is 2.79. The zero-order valence-electron chi connectivity index (χ0n) is 9.54. The Morgan fingerprint density at radius 2 is 2.00 bits per heavy atom. The number of nitrogens with zero attached hydrogens (tertiary/aromatic N) is 5. The molecule has 2 aliphatic rings. The quantitative estimate of drug-likeness (QED) is 0.724. The van der Waals surface area contributed by atoms with Crippen LogP contribution in [0, 0.1) is 0 Å². The lowest BCUT2D eigenvalue weighted by atomic mass is 10.1. The fraction of sp³-hybridized carbons (Fsp3) is 0.800. The van der Waals surface area contributed by atoms with Gasteiger partial charge in [0.2, 0.25) is 0 Å². The van der Waals surface area contributed by atoms with Crippen LogP contribution in [0.4, 0.5) is 5.82 Å². The molecule has 3 heterocycles. The molecular formula is C10H17N5S. The first-order chi connectivity index (χ1) is 7.83. The first kappa shape index (κ1) is 10.4. The molecule has 0 aromatic carbocycles. The van der Waals surface area contributed by atoms with Gasteiger partial charge in [-0.3, -0.25) is 4.90 Å². The Morgan fingerprint density at radius 3 is 2.62 bits per heavy atom. The van der Waals surface area contributed by atoms with Gasteiger partial charge in [-0.25, -0.2) is 0 Å². The molecule has 0 atom stereocenters. The molecule has 88 valence electrons. The highest BCUT2D eigenvalue weighted by Crippen LogP contribution is 2.22. The maximum absolute atomic E-state index is 4.26. The van der Waals surface area contributed by atoms with Gasteiger partial charge >= 0.3 is 0 Å². The van der Waals surface area contributed by atoms with Gasteiger partial charge in [-0.15, -0.1) is 0 Å². The maximum atomic E-state index is 4.26. The van der Waals surface area contributed by atoms with Gasteiger partial charge in [-0.05, 0) is 7.05 Å². The van der Waals surface area contributed by atoms with Crippen LogP contribution >= 0.6 is 11.7 Å². The van der Waals surface area contributed by atoms with Crippen molar-refractivity contribution in [3.05, 3.63) is 6.20 Å². The molecule has 2 saturated heterocycles. The minimum atomic E-state index is 0.732. The second kappa shape index (κ2) is 4.27. The van der Waals surface area contributed by atoms with Gasteiger partial charge in [0.25, 0.3) is 0 Å². The normalized spacial score (nSPS) is 24.7. The van der Waals surface area contributed by atoms with Gasteiger partial charge in [0.05, 0.1) is 17.9 Å². The van der Waals surface area contributed by atoms with Crippen molar-refractivity contribution in [1.82, 2.24) is 18.5 Å². The lowest BCUT2D eigenvalue weighted by Crippen LogP contribution is -2.63. The zero-order valence-corrected chi connectivity index (χ0v) is 10.4. The highest BCUT2D eigenvalue weighted by molar-refractivity contribution is 6.99. The van der Waals surface area contributed by atoms with Crippen LogP contribution in [0.1, 0.15) is 0 Å². The van der Waals surface area contributed by atoms with E-state index >= 15 is 0 Å². The molecule has 0 aliphatic carbocycles. The van der Waals surface area contributed by atoms with E-state index in [1.54, 1.807) is 0 Å². The molecule has 0 spiro atoms. The second-order valence-corrected chi connectivity index (χ2v) is 5.22. The summed E-state index contributed by atoms with van der Waals surface area (Å²) in [7, 11) is 2.20. The van der Waals surface area contributed by atoms with Crippen molar-refractivity contribution in [3.63, 3.8) is 0 Å². The number of piperazine rings is 1.